The Balaban J connectivity index is 2.39. The maximum absolute atomic E-state index is 12.6. The van der Waals surface area contributed by atoms with Crippen molar-refractivity contribution in [2.45, 2.75) is 31.0 Å². The molecule has 0 atom stereocenters. The third-order valence-electron chi connectivity index (χ3n) is 2.88. The Bertz CT molecular complexity index is 495. The highest BCUT2D eigenvalue weighted by atomic mass is 19.4. The van der Waals surface area contributed by atoms with E-state index in [4.69, 9.17) is 0 Å². The van der Waals surface area contributed by atoms with Crippen LogP contribution >= 0.6 is 0 Å². The molecule has 7 heteroatoms. The number of nitro groups is 1. The molecule has 0 amide bonds. The Kier molecular flexibility index (Phi) is 2.81. The largest absolute Gasteiger partial charge is 0.416 e. The fourth-order valence-corrected chi connectivity index (χ4v) is 1.75. The zero-order valence-electron chi connectivity index (χ0n) is 9.20. The average Bonchev–Trinajstić information content (AvgIpc) is 2.94. The van der Waals surface area contributed by atoms with Gasteiger partial charge in [0.25, 0.3) is 5.69 Å². The van der Waals surface area contributed by atoms with Crippen molar-refractivity contribution in [3.63, 3.8) is 0 Å². The summed E-state index contributed by atoms with van der Waals surface area (Å²) in [5, 5.41) is 20.2. The first kappa shape index (κ1) is 12.8. The minimum Gasteiger partial charge on any atom is -0.390 e. The van der Waals surface area contributed by atoms with Crippen molar-refractivity contribution in [3.8, 4) is 0 Å². The minimum absolute atomic E-state index is 0.0117. The van der Waals surface area contributed by atoms with Gasteiger partial charge in [-0.25, -0.2) is 0 Å². The van der Waals surface area contributed by atoms with Crippen LogP contribution in [0.3, 0.4) is 0 Å². The molecule has 0 bridgehead atoms. The molecule has 0 unspecified atom stereocenters. The lowest BCUT2D eigenvalue weighted by molar-refractivity contribution is -0.385. The van der Waals surface area contributed by atoms with Crippen molar-refractivity contribution in [1.29, 1.82) is 0 Å². The van der Waals surface area contributed by atoms with Crippen LogP contribution in [0.4, 0.5) is 18.9 Å². The number of benzene rings is 1. The Labute approximate surface area is 100 Å². The summed E-state index contributed by atoms with van der Waals surface area (Å²) in [6.07, 6.45) is -3.60. The Hall–Kier alpha value is -1.63. The molecule has 18 heavy (non-hydrogen) atoms. The summed E-state index contributed by atoms with van der Waals surface area (Å²) < 4.78 is 37.7. The topological polar surface area (TPSA) is 63.4 Å². The van der Waals surface area contributed by atoms with Gasteiger partial charge in [0.2, 0.25) is 0 Å². The van der Waals surface area contributed by atoms with Crippen molar-refractivity contribution in [3.05, 3.63) is 39.4 Å². The number of halogens is 3. The normalized spacial score (nSPS) is 17.6. The molecule has 0 aliphatic heterocycles. The van der Waals surface area contributed by atoms with Gasteiger partial charge in [0.15, 0.2) is 0 Å². The second-order valence-electron chi connectivity index (χ2n) is 4.54. The molecular formula is C11H10F3NO3. The van der Waals surface area contributed by atoms with Gasteiger partial charge in [-0.05, 0) is 24.5 Å². The number of hydrogen-bond acceptors (Lipinski definition) is 3. The average molecular weight is 261 g/mol. The number of non-ortho nitro benzene ring substituents is 1. The predicted molar refractivity (Wildman–Crippen MR) is 56.0 cm³/mol. The van der Waals surface area contributed by atoms with E-state index in [2.05, 4.69) is 0 Å². The molecule has 1 fully saturated rings. The third-order valence-corrected chi connectivity index (χ3v) is 2.88. The maximum atomic E-state index is 12.6. The molecule has 0 radical (unpaired) electrons. The summed E-state index contributed by atoms with van der Waals surface area (Å²) in [6, 6.07) is 2.43. The van der Waals surface area contributed by atoms with Crippen molar-refractivity contribution >= 4 is 5.69 Å². The first-order chi connectivity index (χ1) is 8.20. The van der Waals surface area contributed by atoms with Gasteiger partial charge >= 0.3 is 6.18 Å². The summed E-state index contributed by atoms with van der Waals surface area (Å²) in [5.74, 6) is 0. The summed E-state index contributed by atoms with van der Waals surface area (Å²) in [7, 11) is 0. The zero-order valence-corrected chi connectivity index (χ0v) is 9.20. The van der Waals surface area contributed by atoms with Crippen LogP contribution < -0.4 is 0 Å². The quantitative estimate of drug-likeness (QED) is 0.672. The maximum Gasteiger partial charge on any atom is 0.416 e. The Morgan fingerprint density at radius 2 is 1.94 bits per heavy atom. The predicted octanol–water partition coefficient (Wildman–Crippen LogP) is 2.68. The SMILES string of the molecule is O=[N+]([O-])c1cc(CC2(O)CC2)cc(C(F)(F)F)c1. The summed E-state index contributed by atoms with van der Waals surface area (Å²) in [6.45, 7) is 0. The van der Waals surface area contributed by atoms with Crippen LogP contribution in [0.15, 0.2) is 18.2 Å². The van der Waals surface area contributed by atoms with Gasteiger partial charge in [0.05, 0.1) is 16.1 Å². The van der Waals surface area contributed by atoms with E-state index in [1.54, 1.807) is 0 Å². The van der Waals surface area contributed by atoms with Crippen LogP contribution in [0.5, 0.6) is 0 Å². The van der Waals surface area contributed by atoms with Crippen molar-refractivity contribution in [1.82, 2.24) is 0 Å². The molecule has 0 spiro atoms. The number of alkyl halides is 3. The molecule has 0 aromatic heterocycles. The molecular weight excluding hydrogens is 251 g/mol. The highest BCUT2D eigenvalue weighted by Gasteiger charge is 2.41. The molecule has 0 saturated heterocycles. The Morgan fingerprint density at radius 1 is 1.33 bits per heavy atom. The first-order valence-corrected chi connectivity index (χ1v) is 5.28. The second kappa shape index (κ2) is 3.94. The van der Waals surface area contributed by atoms with E-state index < -0.39 is 28.0 Å². The molecule has 0 heterocycles. The van der Waals surface area contributed by atoms with E-state index in [0.717, 1.165) is 12.1 Å². The van der Waals surface area contributed by atoms with Crippen LogP contribution in [0.2, 0.25) is 0 Å². The molecule has 1 aromatic carbocycles. The van der Waals surface area contributed by atoms with Crippen molar-refractivity contribution in [2.75, 3.05) is 0 Å². The lowest BCUT2D eigenvalue weighted by atomic mass is 10.0. The molecule has 1 aliphatic carbocycles. The van der Waals surface area contributed by atoms with E-state index in [-0.39, 0.29) is 12.0 Å². The molecule has 4 nitrogen and oxygen atoms in total. The minimum atomic E-state index is -4.63. The molecule has 1 saturated carbocycles. The lowest BCUT2D eigenvalue weighted by Gasteiger charge is -2.11. The van der Waals surface area contributed by atoms with Crippen molar-refractivity contribution < 1.29 is 23.2 Å². The number of hydrogen-bond donors (Lipinski definition) is 1. The van der Waals surface area contributed by atoms with Crippen LogP contribution in [0.25, 0.3) is 0 Å². The third kappa shape index (κ3) is 2.79. The molecule has 1 aliphatic rings. The van der Waals surface area contributed by atoms with Gasteiger partial charge in [-0.2, -0.15) is 13.2 Å². The summed E-state index contributed by atoms with van der Waals surface area (Å²) in [4.78, 5) is 9.72. The summed E-state index contributed by atoms with van der Waals surface area (Å²) >= 11 is 0. The first-order valence-electron chi connectivity index (χ1n) is 5.28. The van der Waals surface area contributed by atoms with E-state index in [0.29, 0.717) is 18.9 Å². The van der Waals surface area contributed by atoms with Gasteiger partial charge in [0, 0.05) is 18.6 Å². The van der Waals surface area contributed by atoms with Crippen LogP contribution in [0, 0.1) is 10.1 Å². The van der Waals surface area contributed by atoms with E-state index in [1.165, 1.54) is 0 Å². The van der Waals surface area contributed by atoms with E-state index in [9.17, 15) is 28.4 Å². The van der Waals surface area contributed by atoms with Gasteiger partial charge in [0.1, 0.15) is 0 Å². The van der Waals surface area contributed by atoms with Gasteiger partial charge < -0.3 is 5.11 Å². The van der Waals surface area contributed by atoms with E-state index >= 15 is 0 Å². The fourth-order valence-electron chi connectivity index (χ4n) is 1.75. The number of nitro benzene ring substituents is 1. The Morgan fingerprint density at radius 3 is 2.39 bits per heavy atom. The monoisotopic (exact) mass is 261 g/mol. The van der Waals surface area contributed by atoms with Gasteiger partial charge in [-0.1, -0.05) is 0 Å². The number of nitrogens with zero attached hydrogens (tertiary/aromatic N) is 1. The zero-order chi connectivity index (χ0) is 13.6. The van der Waals surface area contributed by atoms with Crippen molar-refractivity contribution in [2.24, 2.45) is 0 Å². The van der Waals surface area contributed by atoms with Crippen LogP contribution in [-0.2, 0) is 12.6 Å². The molecule has 1 aromatic rings. The van der Waals surface area contributed by atoms with Gasteiger partial charge in [-0.15, -0.1) is 0 Å². The van der Waals surface area contributed by atoms with Crippen LogP contribution in [-0.4, -0.2) is 15.6 Å². The molecule has 2 rings (SSSR count). The summed E-state index contributed by atoms with van der Waals surface area (Å²) in [5.41, 5.74) is -2.52. The van der Waals surface area contributed by atoms with Crippen LogP contribution in [0.1, 0.15) is 24.0 Å². The smallest absolute Gasteiger partial charge is 0.390 e. The molecule has 1 N–H and O–H groups in total. The number of rotatable bonds is 3. The highest BCUT2D eigenvalue weighted by Crippen LogP contribution is 2.40. The highest BCUT2D eigenvalue weighted by molar-refractivity contribution is 5.41. The second-order valence-corrected chi connectivity index (χ2v) is 4.54. The van der Waals surface area contributed by atoms with Gasteiger partial charge in [-0.3, -0.25) is 10.1 Å². The molecule has 98 valence electrons. The standard InChI is InChI=1S/C11H10F3NO3/c12-11(13,14)8-3-7(6-10(16)1-2-10)4-9(5-8)15(17)18/h3-5,16H,1-2,6H2. The number of aliphatic hydroxyl groups is 1. The van der Waals surface area contributed by atoms with E-state index in [1.807, 2.05) is 0 Å². The fraction of sp³-hybridized carbons (Fsp3) is 0.455. The lowest BCUT2D eigenvalue weighted by Crippen LogP contribution is -2.13.